The number of hydrogen-bond acceptors (Lipinski definition) is 4. The molecule has 2 rings (SSSR count). The van der Waals surface area contributed by atoms with Crippen LogP contribution in [0, 0.1) is 0 Å². The van der Waals surface area contributed by atoms with E-state index >= 15 is 0 Å². The molecule has 0 spiro atoms. The van der Waals surface area contributed by atoms with Crippen LogP contribution in [0.25, 0.3) is 0 Å². The van der Waals surface area contributed by atoms with Crippen LogP contribution in [0.1, 0.15) is 13.8 Å². The van der Waals surface area contributed by atoms with Crippen LogP contribution < -0.4 is 5.32 Å². The van der Waals surface area contributed by atoms with Crippen molar-refractivity contribution in [3.8, 4) is 0 Å². The van der Waals surface area contributed by atoms with Crippen molar-refractivity contribution in [3.63, 3.8) is 0 Å². The first-order valence-electron chi connectivity index (χ1n) is 7.89. The Morgan fingerprint density at radius 1 is 1.27 bits per heavy atom. The lowest BCUT2D eigenvalue weighted by atomic mass is 10.2. The number of nitrogens with one attached hydrogen (secondary N) is 1. The summed E-state index contributed by atoms with van der Waals surface area (Å²) in [5.41, 5.74) is 0. The van der Waals surface area contributed by atoms with E-state index < -0.39 is 0 Å². The average molecular weight is 441 g/mol. The van der Waals surface area contributed by atoms with Gasteiger partial charge in [-0.05, 0) is 27.9 Å². The Kier molecular flexibility index (Phi) is 8.25. The summed E-state index contributed by atoms with van der Waals surface area (Å²) in [5.74, 6) is 2.24. The van der Waals surface area contributed by atoms with Crippen LogP contribution in [-0.4, -0.2) is 97.6 Å². The molecule has 22 heavy (non-hydrogen) atoms. The van der Waals surface area contributed by atoms with Gasteiger partial charge < -0.3 is 15.1 Å². The van der Waals surface area contributed by atoms with E-state index in [2.05, 4.69) is 64.7 Å². The van der Waals surface area contributed by atoms with E-state index in [-0.39, 0.29) is 24.0 Å². The number of aliphatic imine (C=N–C) groups is 1. The summed E-state index contributed by atoms with van der Waals surface area (Å²) >= 11 is 2.06. The molecule has 130 valence electrons. The van der Waals surface area contributed by atoms with Crippen LogP contribution >= 0.6 is 35.7 Å². The van der Waals surface area contributed by atoms with Gasteiger partial charge in [-0.3, -0.25) is 9.89 Å². The topological polar surface area (TPSA) is 34.1 Å². The van der Waals surface area contributed by atoms with Crippen LogP contribution in [0.3, 0.4) is 0 Å². The summed E-state index contributed by atoms with van der Waals surface area (Å²) in [6.45, 7) is 11.2. The molecule has 0 saturated carbocycles. The molecule has 1 N–H and O–H groups in total. The molecule has 2 saturated heterocycles. The van der Waals surface area contributed by atoms with Gasteiger partial charge in [-0.2, -0.15) is 11.8 Å². The SMILES string of the molecule is CN=C(NCC1CN(C)CCN1C)N1CCSC(C)(C)C1.I. The van der Waals surface area contributed by atoms with Gasteiger partial charge in [0.1, 0.15) is 0 Å². The third kappa shape index (κ3) is 5.72. The van der Waals surface area contributed by atoms with Gasteiger partial charge in [-0.25, -0.2) is 0 Å². The zero-order chi connectivity index (χ0) is 15.5. The number of halogens is 1. The van der Waals surface area contributed by atoms with Gasteiger partial charge in [-0.15, -0.1) is 24.0 Å². The fraction of sp³-hybridized carbons (Fsp3) is 0.933. The Morgan fingerprint density at radius 2 is 2.00 bits per heavy atom. The standard InChI is InChI=1S/C15H31N5S.HI/c1-15(2)12-20(8-9-21-15)14(16-3)17-10-13-11-18(4)6-7-19(13)5;/h13H,6-12H2,1-5H3,(H,16,17);1H. The molecular weight excluding hydrogens is 409 g/mol. The van der Waals surface area contributed by atoms with Crippen molar-refractivity contribution < 1.29 is 0 Å². The number of guanidine groups is 1. The average Bonchev–Trinajstić information content (AvgIpc) is 2.42. The Hall–Kier alpha value is 0.270. The second kappa shape index (κ2) is 8.94. The molecule has 2 fully saturated rings. The highest BCUT2D eigenvalue weighted by atomic mass is 127. The van der Waals surface area contributed by atoms with Crippen molar-refractivity contribution in [3.05, 3.63) is 0 Å². The molecule has 1 unspecified atom stereocenters. The minimum Gasteiger partial charge on any atom is -0.355 e. The second-order valence-electron chi connectivity index (χ2n) is 6.85. The summed E-state index contributed by atoms with van der Waals surface area (Å²) in [5, 5.41) is 3.60. The highest BCUT2D eigenvalue weighted by Crippen LogP contribution is 2.29. The van der Waals surface area contributed by atoms with Gasteiger partial charge in [0.05, 0.1) is 0 Å². The molecule has 0 amide bonds. The second-order valence-corrected chi connectivity index (χ2v) is 8.66. The van der Waals surface area contributed by atoms with E-state index in [1.165, 1.54) is 12.3 Å². The number of thioether (sulfide) groups is 1. The number of hydrogen-bond donors (Lipinski definition) is 1. The zero-order valence-electron chi connectivity index (χ0n) is 14.6. The highest BCUT2D eigenvalue weighted by molar-refractivity contribution is 14.0. The maximum absolute atomic E-state index is 4.50. The number of rotatable bonds is 2. The molecule has 0 aromatic carbocycles. The van der Waals surface area contributed by atoms with E-state index in [1.54, 1.807) is 0 Å². The molecule has 2 aliphatic rings. The maximum Gasteiger partial charge on any atom is 0.193 e. The van der Waals surface area contributed by atoms with Gasteiger partial charge in [-0.1, -0.05) is 0 Å². The van der Waals surface area contributed by atoms with E-state index in [1.807, 2.05) is 7.05 Å². The summed E-state index contributed by atoms with van der Waals surface area (Å²) in [7, 11) is 6.33. The van der Waals surface area contributed by atoms with Crippen LogP contribution in [0.5, 0.6) is 0 Å². The van der Waals surface area contributed by atoms with Crippen molar-refractivity contribution in [1.82, 2.24) is 20.0 Å². The van der Waals surface area contributed by atoms with E-state index in [9.17, 15) is 0 Å². The van der Waals surface area contributed by atoms with Gasteiger partial charge >= 0.3 is 0 Å². The predicted octanol–water partition coefficient (Wildman–Crippen LogP) is 1.25. The normalized spacial score (nSPS) is 27.4. The molecule has 0 aromatic rings. The van der Waals surface area contributed by atoms with E-state index in [0.29, 0.717) is 10.8 Å². The van der Waals surface area contributed by atoms with Crippen LogP contribution in [-0.2, 0) is 0 Å². The highest BCUT2D eigenvalue weighted by Gasteiger charge is 2.29. The monoisotopic (exact) mass is 441 g/mol. The fourth-order valence-corrected chi connectivity index (χ4v) is 4.17. The lowest BCUT2D eigenvalue weighted by molar-refractivity contribution is 0.116. The predicted molar refractivity (Wildman–Crippen MR) is 109 cm³/mol. The zero-order valence-corrected chi connectivity index (χ0v) is 17.8. The molecule has 2 aliphatic heterocycles. The Labute approximate surface area is 157 Å². The minimum atomic E-state index is 0. The van der Waals surface area contributed by atoms with Gasteiger partial charge in [0.25, 0.3) is 0 Å². The van der Waals surface area contributed by atoms with Crippen molar-refractivity contribution in [2.24, 2.45) is 4.99 Å². The van der Waals surface area contributed by atoms with Gasteiger partial charge in [0, 0.05) is 62.9 Å². The molecular formula is C15H32IN5S. The van der Waals surface area contributed by atoms with Crippen molar-refractivity contribution in [2.75, 3.05) is 66.2 Å². The van der Waals surface area contributed by atoms with E-state index in [4.69, 9.17) is 0 Å². The molecule has 7 heteroatoms. The molecule has 2 heterocycles. The number of piperazine rings is 1. The van der Waals surface area contributed by atoms with Gasteiger partial charge in [0.2, 0.25) is 0 Å². The maximum atomic E-state index is 4.50. The molecule has 0 aromatic heterocycles. The first kappa shape index (κ1) is 20.3. The van der Waals surface area contributed by atoms with Crippen molar-refractivity contribution >= 4 is 41.7 Å². The fourth-order valence-electron chi connectivity index (χ4n) is 3.06. The van der Waals surface area contributed by atoms with Crippen LogP contribution in [0.4, 0.5) is 0 Å². The lowest BCUT2D eigenvalue weighted by Gasteiger charge is -2.41. The van der Waals surface area contributed by atoms with Gasteiger partial charge in [0.15, 0.2) is 5.96 Å². The molecule has 1 atom stereocenters. The first-order chi connectivity index (χ1) is 9.91. The quantitative estimate of drug-likeness (QED) is 0.397. The third-order valence-electron chi connectivity index (χ3n) is 4.41. The van der Waals surface area contributed by atoms with Crippen LogP contribution in [0.15, 0.2) is 4.99 Å². The Bertz CT molecular complexity index is 377. The Balaban J connectivity index is 0.00000242. The third-order valence-corrected chi connectivity index (χ3v) is 5.71. The summed E-state index contributed by atoms with van der Waals surface area (Å²) < 4.78 is 0.317. The first-order valence-corrected chi connectivity index (χ1v) is 8.88. The molecule has 0 aliphatic carbocycles. The summed E-state index contributed by atoms with van der Waals surface area (Å²) in [6, 6.07) is 0.563. The molecule has 5 nitrogen and oxygen atoms in total. The number of nitrogens with zero attached hydrogens (tertiary/aromatic N) is 4. The summed E-state index contributed by atoms with van der Waals surface area (Å²) in [4.78, 5) is 11.8. The lowest BCUT2D eigenvalue weighted by Crippen LogP contribution is -2.57. The largest absolute Gasteiger partial charge is 0.355 e. The number of likely N-dealkylation sites (N-methyl/N-ethyl adjacent to an activating group) is 2. The van der Waals surface area contributed by atoms with Crippen molar-refractivity contribution in [2.45, 2.75) is 24.6 Å². The molecule has 0 radical (unpaired) electrons. The smallest absolute Gasteiger partial charge is 0.193 e. The Morgan fingerprint density at radius 3 is 2.64 bits per heavy atom. The minimum absolute atomic E-state index is 0. The summed E-state index contributed by atoms with van der Waals surface area (Å²) in [6.07, 6.45) is 0. The molecule has 0 bridgehead atoms. The van der Waals surface area contributed by atoms with Crippen LogP contribution in [0.2, 0.25) is 0 Å². The van der Waals surface area contributed by atoms with E-state index in [0.717, 1.165) is 38.7 Å². The van der Waals surface area contributed by atoms with Crippen molar-refractivity contribution in [1.29, 1.82) is 0 Å².